The number of rotatable bonds is 8. The highest BCUT2D eigenvalue weighted by Crippen LogP contribution is 2.26. The molecule has 4 N–H and O–H groups in total. The van der Waals surface area contributed by atoms with Gasteiger partial charge in [-0.25, -0.2) is 4.79 Å². The van der Waals surface area contributed by atoms with Crippen LogP contribution in [-0.2, 0) is 27.2 Å². The van der Waals surface area contributed by atoms with Crippen LogP contribution in [0.3, 0.4) is 0 Å². The summed E-state index contributed by atoms with van der Waals surface area (Å²) < 4.78 is 5.46. The molecular weight excluding hydrogens is 462 g/mol. The van der Waals surface area contributed by atoms with Crippen molar-refractivity contribution >= 4 is 17.9 Å². The number of nitrogens with zero attached hydrogens (tertiary/aromatic N) is 1. The van der Waals surface area contributed by atoms with Crippen molar-refractivity contribution in [3.05, 3.63) is 59.7 Å². The zero-order valence-electron chi connectivity index (χ0n) is 21.0. The lowest BCUT2D eigenvalue weighted by molar-refractivity contribution is -0.132. The van der Waals surface area contributed by atoms with Crippen LogP contribution in [0.2, 0.25) is 0 Å². The van der Waals surface area contributed by atoms with Crippen molar-refractivity contribution in [3.8, 4) is 11.5 Å². The van der Waals surface area contributed by atoms with Crippen LogP contribution >= 0.6 is 0 Å². The van der Waals surface area contributed by atoms with E-state index in [2.05, 4.69) is 10.6 Å². The van der Waals surface area contributed by atoms with E-state index < -0.39 is 23.5 Å². The molecule has 2 atom stereocenters. The first kappa shape index (κ1) is 26.8. The molecule has 0 unspecified atom stereocenters. The predicted octanol–water partition coefficient (Wildman–Crippen LogP) is 2.60. The molecule has 3 rings (SSSR count). The zero-order chi connectivity index (χ0) is 26.3. The molecule has 1 aliphatic rings. The summed E-state index contributed by atoms with van der Waals surface area (Å²) in [5.41, 5.74) is 1.22. The molecule has 1 saturated heterocycles. The predicted molar refractivity (Wildman–Crippen MR) is 134 cm³/mol. The normalized spacial score (nSPS) is 17.5. The number of nitrogens with one attached hydrogen (secondary N) is 2. The molecule has 194 valence electrons. The van der Waals surface area contributed by atoms with Crippen LogP contribution in [0.4, 0.5) is 4.79 Å². The highest BCUT2D eigenvalue weighted by atomic mass is 16.6. The molecule has 0 radical (unpaired) electrons. The van der Waals surface area contributed by atoms with E-state index in [0.29, 0.717) is 25.9 Å². The number of carbonyl (C=O) groups is 3. The van der Waals surface area contributed by atoms with Gasteiger partial charge in [0.2, 0.25) is 11.8 Å². The van der Waals surface area contributed by atoms with Crippen molar-refractivity contribution in [2.24, 2.45) is 11.8 Å². The van der Waals surface area contributed by atoms with E-state index in [9.17, 15) is 24.6 Å². The number of likely N-dealkylation sites (tertiary alicyclic amines) is 1. The van der Waals surface area contributed by atoms with Gasteiger partial charge in [-0.2, -0.15) is 0 Å². The maximum Gasteiger partial charge on any atom is 0.410 e. The van der Waals surface area contributed by atoms with Crippen molar-refractivity contribution in [2.75, 3.05) is 26.2 Å². The van der Waals surface area contributed by atoms with E-state index in [1.54, 1.807) is 69.3 Å². The van der Waals surface area contributed by atoms with Gasteiger partial charge in [-0.15, -0.1) is 0 Å². The fourth-order valence-corrected chi connectivity index (χ4v) is 4.06. The van der Waals surface area contributed by atoms with E-state index in [-0.39, 0.29) is 36.4 Å². The van der Waals surface area contributed by atoms with Crippen molar-refractivity contribution < 1.29 is 29.3 Å². The van der Waals surface area contributed by atoms with Gasteiger partial charge in [0.1, 0.15) is 17.1 Å². The number of hydrogen-bond donors (Lipinski definition) is 4. The lowest BCUT2D eigenvalue weighted by Gasteiger charge is -2.24. The van der Waals surface area contributed by atoms with Gasteiger partial charge in [-0.05, 0) is 69.0 Å². The second-order valence-corrected chi connectivity index (χ2v) is 10.0. The first-order chi connectivity index (χ1) is 17.0. The maximum absolute atomic E-state index is 13.1. The summed E-state index contributed by atoms with van der Waals surface area (Å²) in [6.45, 7) is 6.21. The molecular formula is C27H35N3O6. The molecule has 1 aliphatic heterocycles. The lowest BCUT2D eigenvalue weighted by atomic mass is 9.94. The minimum atomic E-state index is -0.703. The van der Waals surface area contributed by atoms with Gasteiger partial charge in [0.25, 0.3) is 0 Å². The second-order valence-electron chi connectivity index (χ2n) is 10.0. The summed E-state index contributed by atoms with van der Waals surface area (Å²) in [5.74, 6) is -1.64. The summed E-state index contributed by atoms with van der Waals surface area (Å²) in [4.78, 5) is 40.2. The molecule has 1 fully saturated rings. The number of ether oxygens (including phenoxy) is 1. The van der Waals surface area contributed by atoms with Gasteiger partial charge in [-0.1, -0.05) is 24.3 Å². The second kappa shape index (κ2) is 11.8. The number of phenols is 2. The Labute approximate surface area is 211 Å². The Morgan fingerprint density at radius 1 is 0.806 bits per heavy atom. The molecule has 1 heterocycles. The Hall–Kier alpha value is -3.75. The summed E-state index contributed by atoms with van der Waals surface area (Å²) in [5, 5.41) is 24.6. The molecule has 0 bridgehead atoms. The lowest BCUT2D eigenvalue weighted by Crippen LogP contribution is -2.42. The van der Waals surface area contributed by atoms with Gasteiger partial charge in [-0.3, -0.25) is 9.59 Å². The van der Waals surface area contributed by atoms with Crippen LogP contribution in [0.25, 0.3) is 0 Å². The van der Waals surface area contributed by atoms with Crippen molar-refractivity contribution in [1.29, 1.82) is 0 Å². The monoisotopic (exact) mass is 497 g/mol. The standard InChI is InChI=1S/C27H35N3O6/c1-27(2,3)36-26(35)30-16-22(24(33)28-14-12-18-4-8-20(31)9-5-18)23(17-30)25(34)29-15-13-19-6-10-21(32)11-7-19/h4-11,22-23,31-32H,12-17H2,1-3H3,(H,28,33)(H,29,34)/t22-,23-/m1/s1. The Bertz CT molecular complexity index is 975. The van der Waals surface area contributed by atoms with E-state index in [0.717, 1.165) is 11.1 Å². The third kappa shape index (κ3) is 7.90. The first-order valence-corrected chi connectivity index (χ1v) is 12.1. The minimum absolute atomic E-state index is 0.0933. The highest BCUT2D eigenvalue weighted by molar-refractivity contribution is 5.89. The van der Waals surface area contributed by atoms with Crippen molar-refractivity contribution in [3.63, 3.8) is 0 Å². The number of benzene rings is 2. The molecule has 2 aromatic carbocycles. The average Bonchev–Trinajstić information content (AvgIpc) is 3.27. The van der Waals surface area contributed by atoms with E-state index >= 15 is 0 Å². The van der Waals surface area contributed by atoms with Gasteiger partial charge >= 0.3 is 6.09 Å². The number of aromatic hydroxyl groups is 2. The number of phenolic OH excluding ortho intramolecular Hbond substituents is 2. The largest absolute Gasteiger partial charge is 0.508 e. The smallest absolute Gasteiger partial charge is 0.410 e. The summed E-state index contributed by atoms with van der Waals surface area (Å²) in [6.07, 6.45) is 0.583. The molecule has 3 amide bonds. The van der Waals surface area contributed by atoms with Gasteiger partial charge < -0.3 is 30.5 Å². The van der Waals surface area contributed by atoms with Crippen LogP contribution in [0, 0.1) is 11.8 Å². The fourth-order valence-electron chi connectivity index (χ4n) is 4.06. The summed E-state index contributed by atoms with van der Waals surface area (Å²) in [7, 11) is 0. The summed E-state index contributed by atoms with van der Waals surface area (Å²) >= 11 is 0. The molecule has 0 aromatic heterocycles. The third-order valence-corrected chi connectivity index (χ3v) is 5.94. The quantitative estimate of drug-likeness (QED) is 0.444. The molecule has 0 aliphatic carbocycles. The van der Waals surface area contributed by atoms with Crippen LogP contribution < -0.4 is 10.6 Å². The number of carbonyl (C=O) groups excluding carboxylic acids is 3. The Balaban J connectivity index is 1.60. The Kier molecular flexibility index (Phi) is 8.79. The Morgan fingerprint density at radius 3 is 1.56 bits per heavy atom. The van der Waals surface area contributed by atoms with Crippen LogP contribution in [0.15, 0.2) is 48.5 Å². The SMILES string of the molecule is CC(C)(C)OC(=O)N1C[C@@H](C(=O)NCCc2ccc(O)cc2)[C@H](C(=O)NCCc2ccc(O)cc2)C1. The highest BCUT2D eigenvalue weighted by Gasteiger charge is 2.44. The molecule has 0 saturated carbocycles. The molecule has 2 aromatic rings. The van der Waals surface area contributed by atoms with Crippen LogP contribution in [0.5, 0.6) is 11.5 Å². The minimum Gasteiger partial charge on any atom is -0.508 e. The van der Waals surface area contributed by atoms with E-state index in [1.807, 2.05) is 0 Å². The van der Waals surface area contributed by atoms with Crippen molar-refractivity contribution in [2.45, 2.75) is 39.2 Å². The van der Waals surface area contributed by atoms with E-state index in [4.69, 9.17) is 4.74 Å². The third-order valence-electron chi connectivity index (χ3n) is 5.94. The summed E-state index contributed by atoms with van der Waals surface area (Å²) in [6, 6.07) is 13.5. The maximum atomic E-state index is 13.1. The fraction of sp³-hybridized carbons (Fsp3) is 0.444. The number of hydrogen-bond acceptors (Lipinski definition) is 6. The molecule has 0 spiro atoms. The Morgan fingerprint density at radius 2 is 1.19 bits per heavy atom. The van der Waals surface area contributed by atoms with Crippen molar-refractivity contribution in [1.82, 2.24) is 15.5 Å². The molecule has 36 heavy (non-hydrogen) atoms. The van der Waals surface area contributed by atoms with Gasteiger partial charge in [0.15, 0.2) is 0 Å². The number of amides is 3. The van der Waals surface area contributed by atoms with Crippen LogP contribution in [-0.4, -0.2) is 64.8 Å². The topological polar surface area (TPSA) is 128 Å². The van der Waals surface area contributed by atoms with Gasteiger partial charge in [0.05, 0.1) is 11.8 Å². The zero-order valence-corrected chi connectivity index (χ0v) is 21.0. The van der Waals surface area contributed by atoms with E-state index in [1.165, 1.54) is 4.90 Å². The molecule has 9 heteroatoms. The van der Waals surface area contributed by atoms with Crippen LogP contribution in [0.1, 0.15) is 31.9 Å². The molecule has 9 nitrogen and oxygen atoms in total. The first-order valence-electron chi connectivity index (χ1n) is 12.1. The average molecular weight is 498 g/mol. The van der Waals surface area contributed by atoms with Gasteiger partial charge in [0, 0.05) is 26.2 Å².